The highest BCUT2D eigenvalue weighted by Crippen LogP contribution is 2.11. The lowest BCUT2D eigenvalue weighted by atomic mass is 10.1. The predicted octanol–water partition coefficient (Wildman–Crippen LogP) is -0.439. The van der Waals surface area contributed by atoms with Crippen molar-refractivity contribution in [1.82, 2.24) is 10.6 Å². The second-order valence-corrected chi connectivity index (χ2v) is 4.50. The molecule has 0 heterocycles. The summed E-state index contributed by atoms with van der Waals surface area (Å²) in [5.41, 5.74) is 5.52. The van der Waals surface area contributed by atoms with Crippen LogP contribution in [0.15, 0.2) is 24.3 Å². The van der Waals surface area contributed by atoms with Gasteiger partial charge in [0.05, 0.1) is 0 Å². The average Bonchev–Trinajstić information content (AvgIpc) is 2.39. The molecule has 8 heteroatoms. The number of aliphatic carboxylic acids is 1. The van der Waals surface area contributed by atoms with Crippen LogP contribution in [0, 0.1) is 0 Å². The lowest BCUT2D eigenvalue weighted by Crippen LogP contribution is -2.52. The number of carboxylic acids is 1. The number of rotatable bonds is 6. The summed E-state index contributed by atoms with van der Waals surface area (Å²) >= 11 is 0. The van der Waals surface area contributed by atoms with E-state index in [0.29, 0.717) is 5.56 Å². The third-order valence-corrected chi connectivity index (χ3v) is 2.74. The first-order valence-corrected chi connectivity index (χ1v) is 6.16. The van der Waals surface area contributed by atoms with Crippen molar-refractivity contribution in [2.45, 2.75) is 25.4 Å². The Kier molecular flexibility index (Phi) is 5.53. The zero-order valence-electron chi connectivity index (χ0n) is 11.4. The number of amides is 3. The molecule has 3 amide bonds. The van der Waals surface area contributed by atoms with Crippen LogP contribution < -0.4 is 16.4 Å². The number of benzene rings is 1. The van der Waals surface area contributed by atoms with E-state index in [1.807, 2.05) is 0 Å². The molecule has 0 saturated heterocycles. The quantitative estimate of drug-likeness (QED) is 0.483. The summed E-state index contributed by atoms with van der Waals surface area (Å²) in [5, 5.41) is 22.8. The second kappa shape index (κ2) is 7.13. The number of carbonyl (C=O) groups is 3. The zero-order valence-corrected chi connectivity index (χ0v) is 11.4. The number of urea groups is 1. The van der Waals surface area contributed by atoms with E-state index in [9.17, 15) is 14.4 Å². The molecule has 0 aliphatic rings. The monoisotopic (exact) mass is 295 g/mol. The molecule has 2 atom stereocenters. The molecule has 0 saturated carbocycles. The molecule has 114 valence electrons. The summed E-state index contributed by atoms with van der Waals surface area (Å²) < 4.78 is 0. The summed E-state index contributed by atoms with van der Waals surface area (Å²) in [7, 11) is 0. The molecule has 21 heavy (non-hydrogen) atoms. The van der Waals surface area contributed by atoms with Crippen LogP contribution in [0.25, 0.3) is 0 Å². The van der Waals surface area contributed by atoms with Crippen molar-refractivity contribution >= 4 is 17.9 Å². The number of carboxylic acid groups (broad SMARTS) is 1. The van der Waals surface area contributed by atoms with Gasteiger partial charge in [-0.15, -0.1) is 0 Å². The number of primary amides is 1. The molecule has 1 rings (SSSR count). The highest BCUT2D eigenvalue weighted by molar-refractivity contribution is 5.89. The normalized spacial score (nSPS) is 13.0. The van der Waals surface area contributed by atoms with Crippen molar-refractivity contribution in [3.05, 3.63) is 29.8 Å². The maximum Gasteiger partial charge on any atom is 0.326 e. The molecule has 0 fully saturated rings. The van der Waals surface area contributed by atoms with Crippen LogP contribution in [0.1, 0.15) is 12.5 Å². The summed E-state index contributed by atoms with van der Waals surface area (Å²) in [6.45, 7) is 1.39. The van der Waals surface area contributed by atoms with Crippen molar-refractivity contribution in [2.24, 2.45) is 5.73 Å². The summed E-state index contributed by atoms with van der Waals surface area (Å²) in [4.78, 5) is 33.6. The van der Waals surface area contributed by atoms with E-state index < -0.39 is 30.0 Å². The molecule has 0 aliphatic heterocycles. The van der Waals surface area contributed by atoms with Crippen LogP contribution in [-0.4, -0.2) is 40.2 Å². The minimum absolute atomic E-state index is 0.0463. The SMILES string of the molecule is CC(NC(N)=O)C(=O)N[C@H](Cc1ccc(O)cc1)C(=O)O. The first kappa shape index (κ1) is 16.3. The first-order chi connectivity index (χ1) is 9.79. The third kappa shape index (κ3) is 5.39. The first-order valence-electron chi connectivity index (χ1n) is 6.16. The number of phenolic OH excluding ortho intramolecular Hbond substituents is 1. The third-order valence-electron chi connectivity index (χ3n) is 2.74. The van der Waals surface area contributed by atoms with E-state index >= 15 is 0 Å². The predicted molar refractivity (Wildman–Crippen MR) is 73.6 cm³/mol. The van der Waals surface area contributed by atoms with E-state index in [-0.39, 0.29) is 12.2 Å². The minimum atomic E-state index is -1.21. The van der Waals surface area contributed by atoms with Crippen LogP contribution >= 0.6 is 0 Å². The molecule has 1 unspecified atom stereocenters. The van der Waals surface area contributed by atoms with E-state index in [4.69, 9.17) is 15.9 Å². The topological polar surface area (TPSA) is 142 Å². The Morgan fingerprint density at radius 2 is 1.76 bits per heavy atom. The van der Waals surface area contributed by atoms with Crippen LogP contribution in [0.2, 0.25) is 0 Å². The summed E-state index contributed by atoms with van der Waals surface area (Å²) in [6.07, 6.45) is 0.0463. The van der Waals surface area contributed by atoms with Crippen molar-refractivity contribution in [3.63, 3.8) is 0 Å². The van der Waals surface area contributed by atoms with Crippen molar-refractivity contribution < 1.29 is 24.6 Å². The number of hydrogen-bond acceptors (Lipinski definition) is 4. The molecule has 0 radical (unpaired) electrons. The Balaban J connectivity index is 2.69. The van der Waals surface area contributed by atoms with Gasteiger partial charge in [-0.2, -0.15) is 0 Å². The fourth-order valence-electron chi connectivity index (χ4n) is 1.64. The molecule has 0 bridgehead atoms. The van der Waals surface area contributed by atoms with E-state index in [2.05, 4.69) is 10.6 Å². The van der Waals surface area contributed by atoms with Gasteiger partial charge in [0.1, 0.15) is 17.8 Å². The molecule has 0 aliphatic carbocycles. The van der Waals surface area contributed by atoms with Gasteiger partial charge in [-0.05, 0) is 24.6 Å². The van der Waals surface area contributed by atoms with Gasteiger partial charge in [0.15, 0.2) is 0 Å². The molecule has 0 aromatic heterocycles. The summed E-state index contributed by atoms with van der Waals surface area (Å²) in [6, 6.07) is 3.00. The van der Waals surface area contributed by atoms with Crippen LogP contribution in [0.5, 0.6) is 5.75 Å². The largest absolute Gasteiger partial charge is 0.508 e. The minimum Gasteiger partial charge on any atom is -0.508 e. The van der Waals surface area contributed by atoms with Crippen LogP contribution in [-0.2, 0) is 16.0 Å². The Hall–Kier alpha value is -2.77. The smallest absolute Gasteiger partial charge is 0.326 e. The van der Waals surface area contributed by atoms with Gasteiger partial charge in [-0.3, -0.25) is 4.79 Å². The van der Waals surface area contributed by atoms with Gasteiger partial charge < -0.3 is 26.6 Å². The number of hydrogen-bond donors (Lipinski definition) is 5. The Labute approximate surface area is 120 Å². The Bertz CT molecular complexity index is 529. The Morgan fingerprint density at radius 1 is 1.19 bits per heavy atom. The van der Waals surface area contributed by atoms with Crippen molar-refractivity contribution in [2.75, 3.05) is 0 Å². The lowest BCUT2D eigenvalue weighted by molar-refractivity contribution is -0.142. The van der Waals surface area contributed by atoms with Crippen LogP contribution in [0.4, 0.5) is 4.79 Å². The lowest BCUT2D eigenvalue weighted by Gasteiger charge is -2.18. The number of aromatic hydroxyl groups is 1. The van der Waals surface area contributed by atoms with Gasteiger partial charge in [-0.25, -0.2) is 9.59 Å². The zero-order chi connectivity index (χ0) is 16.0. The molecule has 8 nitrogen and oxygen atoms in total. The number of nitrogens with two attached hydrogens (primary N) is 1. The van der Waals surface area contributed by atoms with Gasteiger partial charge in [0, 0.05) is 6.42 Å². The highest BCUT2D eigenvalue weighted by atomic mass is 16.4. The molecular formula is C13H17N3O5. The fourth-order valence-corrected chi connectivity index (χ4v) is 1.64. The number of nitrogens with one attached hydrogen (secondary N) is 2. The maximum absolute atomic E-state index is 11.8. The van der Waals surface area contributed by atoms with Gasteiger partial charge in [-0.1, -0.05) is 12.1 Å². The van der Waals surface area contributed by atoms with Gasteiger partial charge >= 0.3 is 12.0 Å². The van der Waals surface area contributed by atoms with E-state index in [1.54, 1.807) is 12.1 Å². The highest BCUT2D eigenvalue weighted by Gasteiger charge is 2.23. The fraction of sp³-hybridized carbons (Fsp3) is 0.308. The second-order valence-electron chi connectivity index (χ2n) is 4.50. The standard InChI is InChI=1S/C13H17N3O5/c1-7(15-13(14)21)11(18)16-10(12(19)20)6-8-2-4-9(17)5-3-8/h2-5,7,10,17H,6H2,1H3,(H,16,18)(H,19,20)(H3,14,15,21)/t7?,10-/m1/s1. The molecular weight excluding hydrogens is 278 g/mol. The molecule has 1 aromatic carbocycles. The van der Waals surface area contributed by atoms with Gasteiger partial charge in [0.25, 0.3) is 0 Å². The van der Waals surface area contributed by atoms with E-state index in [1.165, 1.54) is 19.1 Å². The average molecular weight is 295 g/mol. The molecule has 0 spiro atoms. The summed E-state index contributed by atoms with van der Waals surface area (Å²) in [5.74, 6) is -1.79. The van der Waals surface area contributed by atoms with Crippen LogP contribution in [0.3, 0.4) is 0 Å². The van der Waals surface area contributed by atoms with Gasteiger partial charge in [0.2, 0.25) is 5.91 Å². The van der Waals surface area contributed by atoms with Crippen molar-refractivity contribution in [3.8, 4) is 5.75 Å². The Morgan fingerprint density at radius 3 is 2.24 bits per heavy atom. The van der Waals surface area contributed by atoms with Crippen molar-refractivity contribution in [1.29, 1.82) is 0 Å². The van der Waals surface area contributed by atoms with E-state index in [0.717, 1.165) is 0 Å². The number of phenols is 1. The molecule has 6 N–H and O–H groups in total. The molecule has 1 aromatic rings. The maximum atomic E-state index is 11.8. The number of carbonyl (C=O) groups excluding carboxylic acids is 2.